The third-order valence-electron chi connectivity index (χ3n) is 14.5. The van der Waals surface area contributed by atoms with Crippen molar-refractivity contribution in [3.63, 3.8) is 0 Å². The summed E-state index contributed by atoms with van der Waals surface area (Å²) in [6, 6.07) is 7.82. The van der Waals surface area contributed by atoms with E-state index in [1.54, 1.807) is 26.2 Å². The van der Waals surface area contributed by atoms with Crippen molar-refractivity contribution in [3.05, 3.63) is 54.1 Å². The van der Waals surface area contributed by atoms with Gasteiger partial charge in [-0.05, 0) is 76.3 Å². The summed E-state index contributed by atoms with van der Waals surface area (Å²) in [6.07, 6.45) is 8.66. The zero-order chi connectivity index (χ0) is 40.9. The molecule has 318 valence electrons. The van der Waals surface area contributed by atoms with Gasteiger partial charge in [-0.3, -0.25) is 0 Å². The molecule has 6 fully saturated rings. The third kappa shape index (κ3) is 8.13. The summed E-state index contributed by atoms with van der Waals surface area (Å²) in [5.74, 6) is -1.25. The molecule has 1 N–H and O–H groups in total. The standard InChI is InChI=1S/C46H68O11/c1-11-21-50-36-25-45(54-38(32(36)8)27(3)22-30(6)41(47)48)20-19-43(9,57-45)37-17-18-44(12-2,53-37)40-29(5)24-35(52-40)39-28(4)23-31(7)46(55-39)26-51-42(56-46)33-13-15-34(49-10)16-14-33/h11,13-16,22,27-29,31-32,35-40,42H,1,12,17-21,23-26H2,2-10H3,(H,47,48)/b30-22+/t27-,28-,29-,31+,32+,35-,36-,37+,38+,39-,40+,42-,43+,44-,45+,46+/m0/s1. The maximum absolute atomic E-state index is 11.7. The first-order valence-corrected chi connectivity index (χ1v) is 21.6. The molecule has 1 aromatic rings. The Hall–Kier alpha value is -2.35. The third-order valence-corrected chi connectivity index (χ3v) is 14.5. The number of hydrogen-bond donors (Lipinski definition) is 1. The molecule has 16 atom stereocenters. The van der Waals surface area contributed by atoms with Gasteiger partial charge >= 0.3 is 5.97 Å². The summed E-state index contributed by atoms with van der Waals surface area (Å²) in [7, 11) is 1.66. The van der Waals surface area contributed by atoms with E-state index in [1.807, 2.05) is 31.2 Å². The fourth-order valence-electron chi connectivity index (χ4n) is 11.1. The van der Waals surface area contributed by atoms with E-state index in [0.717, 1.165) is 49.8 Å². The average Bonchev–Trinajstić information content (AvgIpc) is 3.99. The molecule has 0 radical (unpaired) electrons. The highest BCUT2D eigenvalue weighted by atomic mass is 16.8. The topological polar surface area (TPSA) is 120 Å². The van der Waals surface area contributed by atoms with Crippen LogP contribution in [0.1, 0.15) is 119 Å². The van der Waals surface area contributed by atoms with Crippen LogP contribution in [0.4, 0.5) is 0 Å². The van der Waals surface area contributed by atoms with E-state index < -0.39 is 35.0 Å². The van der Waals surface area contributed by atoms with Crippen LogP contribution in [-0.4, -0.2) is 90.8 Å². The lowest BCUT2D eigenvalue weighted by atomic mass is 9.80. The van der Waals surface area contributed by atoms with Gasteiger partial charge in [-0.15, -0.1) is 6.58 Å². The molecule has 6 aliphatic rings. The van der Waals surface area contributed by atoms with Crippen LogP contribution in [-0.2, 0) is 42.7 Å². The van der Waals surface area contributed by atoms with Gasteiger partial charge in [-0.1, -0.05) is 65.8 Å². The van der Waals surface area contributed by atoms with E-state index in [-0.39, 0.29) is 66.2 Å². The summed E-state index contributed by atoms with van der Waals surface area (Å²) in [5.41, 5.74) is 0.212. The van der Waals surface area contributed by atoms with Crippen LogP contribution in [0.15, 0.2) is 48.6 Å². The van der Waals surface area contributed by atoms with Gasteiger partial charge in [0.1, 0.15) is 12.4 Å². The number of aliphatic carboxylic acids is 1. The second-order valence-electron chi connectivity index (χ2n) is 18.6. The van der Waals surface area contributed by atoms with Gasteiger partial charge in [0.05, 0.1) is 61.5 Å². The van der Waals surface area contributed by atoms with Crippen molar-refractivity contribution in [2.75, 3.05) is 20.3 Å². The molecule has 0 saturated carbocycles. The Morgan fingerprint density at radius 3 is 2.47 bits per heavy atom. The van der Waals surface area contributed by atoms with Gasteiger partial charge in [-0.25, -0.2) is 4.79 Å². The Morgan fingerprint density at radius 2 is 1.79 bits per heavy atom. The first kappa shape index (κ1) is 42.8. The number of benzene rings is 1. The molecule has 6 saturated heterocycles. The van der Waals surface area contributed by atoms with E-state index in [9.17, 15) is 9.90 Å². The number of methoxy groups -OCH3 is 1. The van der Waals surface area contributed by atoms with Crippen LogP contribution >= 0.6 is 0 Å². The fraction of sp³-hybridized carbons (Fsp3) is 0.761. The SMILES string of the molecule is C=CCO[C@H]1C[C@]2(CC[C@](C)([C@H]3CC[C@@](CC)([C@@H]4O[C@H]([C@H]5O[C@@]6(CO[C@H](c7ccc(OC)cc7)O6)[C@H](C)C[C@@H]5C)C[C@@H]4C)O3)O2)O[C@H]([C@@H](C)/C=C(\C)C(=O)O)[C@@H]1C. The van der Waals surface area contributed by atoms with E-state index >= 15 is 0 Å². The van der Waals surface area contributed by atoms with Gasteiger partial charge < -0.3 is 47.7 Å². The minimum atomic E-state index is -0.926. The number of ether oxygens (including phenoxy) is 9. The molecule has 0 amide bonds. The smallest absolute Gasteiger partial charge is 0.330 e. The number of carboxylic acid groups (broad SMARTS) is 1. The summed E-state index contributed by atoms with van der Waals surface area (Å²) in [6.45, 7) is 21.6. The van der Waals surface area contributed by atoms with Crippen molar-refractivity contribution in [3.8, 4) is 5.75 Å². The van der Waals surface area contributed by atoms with Crippen LogP contribution in [0.5, 0.6) is 5.75 Å². The maximum Gasteiger partial charge on any atom is 0.330 e. The summed E-state index contributed by atoms with van der Waals surface area (Å²) < 4.78 is 60.1. The van der Waals surface area contributed by atoms with E-state index in [1.165, 1.54) is 0 Å². The summed E-state index contributed by atoms with van der Waals surface area (Å²) in [5, 5.41) is 9.61. The molecule has 2 spiro atoms. The van der Waals surface area contributed by atoms with Gasteiger partial charge in [0.25, 0.3) is 0 Å². The second-order valence-corrected chi connectivity index (χ2v) is 18.6. The molecule has 1 aromatic carbocycles. The minimum Gasteiger partial charge on any atom is -0.497 e. The molecular formula is C46H68O11. The monoisotopic (exact) mass is 796 g/mol. The number of carboxylic acids is 1. The lowest BCUT2D eigenvalue weighted by Gasteiger charge is -2.48. The predicted molar refractivity (Wildman–Crippen MR) is 213 cm³/mol. The number of rotatable bonds is 12. The lowest BCUT2D eigenvalue weighted by molar-refractivity contribution is -0.333. The molecular weight excluding hydrogens is 728 g/mol. The Morgan fingerprint density at radius 1 is 1.04 bits per heavy atom. The summed E-state index contributed by atoms with van der Waals surface area (Å²) >= 11 is 0. The highest BCUT2D eigenvalue weighted by molar-refractivity contribution is 5.85. The molecule has 57 heavy (non-hydrogen) atoms. The predicted octanol–water partition coefficient (Wildman–Crippen LogP) is 8.55. The first-order chi connectivity index (χ1) is 27.1. The van der Waals surface area contributed by atoms with Gasteiger partial charge in [0.2, 0.25) is 0 Å². The van der Waals surface area contributed by atoms with Crippen molar-refractivity contribution < 1.29 is 52.5 Å². The number of carbonyl (C=O) groups is 1. The largest absolute Gasteiger partial charge is 0.497 e. The van der Waals surface area contributed by atoms with Gasteiger partial charge in [0, 0.05) is 41.7 Å². The normalized spacial score (nSPS) is 45.5. The highest BCUT2D eigenvalue weighted by Crippen LogP contribution is 2.55. The molecule has 0 unspecified atom stereocenters. The fourth-order valence-corrected chi connectivity index (χ4v) is 11.1. The molecule has 11 nitrogen and oxygen atoms in total. The van der Waals surface area contributed by atoms with E-state index in [2.05, 4.69) is 48.1 Å². The zero-order valence-electron chi connectivity index (χ0n) is 35.7. The molecule has 0 aromatic heterocycles. The lowest BCUT2D eigenvalue weighted by Crippen LogP contribution is -2.55. The molecule has 7 rings (SSSR count). The van der Waals surface area contributed by atoms with E-state index in [4.69, 9.17) is 42.6 Å². The van der Waals surface area contributed by atoms with Crippen LogP contribution in [0.25, 0.3) is 0 Å². The minimum absolute atomic E-state index is 0.0277. The number of hydrogen-bond acceptors (Lipinski definition) is 10. The van der Waals surface area contributed by atoms with Crippen LogP contribution in [0.2, 0.25) is 0 Å². The molecule has 6 aliphatic heterocycles. The highest BCUT2D eigenvalue weighted by Gasteiger charge is 2.62. The van der Waals surface area contributed by atoms with Crippen molar-refractivity contribution in [2.24, 2.45) is 29.6 Å². The molecule has 0 bridgehead atoms. The Balaban J connectivity index is 1.03. The van der Waals surface area contributed by atoms with E-state index in [0.29, 0.717) is 31.6 Å². The summed E-state index contributed by atoms with van der Waals surface area (Å²) in [4.78, 5) is 11.7. The van der Waals surface area contributed by atoms with Crippen molar-refractivity contribution in [1.82, 2.24) is 0 Å². The van der Waals surface area contributed by atoms with Gasteiger partial charge in [0.15, 0.2) is 17.9 Å². The Kier molecular flexibility index (Phi) is 12.5. The van der Waals surface area contributed by atoms with Crippen LogP contribution in [0, 0.1) is 29.6 Å². The van der Waals surface area contributed by atoms with Crippen molar-refractivity contribution in [1.29, 1.82) is 0 Å². The Bertz CT molecular complexity index is 1620. The quantitative estimate of drug-likeness (QED) is 0.162. The second kappa shape index (κ2) is 16.6. The molecule has 6 heterocycles. The van der Waals surface area contributed by atoms with Gasteiger partial charge in [-0.2, -0.15) is 0 Å². The van der Waals surface area contributed by atoms with Crippen LogP contribution < -0.4 is 4.74 Å². The average molecular weight is 797 g/mol. The Labute approximate surface area is 340 Å². The first-order valence-electron chi connectivity index (χ1n) is 21.6. The maximum atomic E-state index is 11.7. The van der Waals surface area contributed by atoms with Crippen LogP contribution in [0.3, 0.4) is 0 Å². The molecule has 0 aliphatic carbocycles. The van der Waals surface area contributed by atoms with Crippen molar-refractivity contribution in [2.45, 2.75) is 172 Å². The molecule has 11 heteroatoms. The zero-order valence-corrected chi connectivity index (χ0v) is 35.7. The van der Waals surface area contributed by atoms with Crippen molar-refractivity contribution >= 4 is 5.97 Å².